The zero-order valence-corrected chi connectivity index (χ0v) is 13.3. The Morgan fingerprint density at radius 1 is 1.40 bits per heavy atom. The van der Waals surface area contributed by atoms with E-state index in [0.717, 1.165) is 18.7 Å². The van der Waals surface area contributed by atoms with E-state index in [1.165, 1.54) is 10.5 Å². The van der Waals surface area contributed by atoms with Crippen molar-refractivity contribution in [1.29, 1.82) is 0 Å². The Morgan fingerprint density at radius 2 is 2.15 bits per heavy atom. The molecule has 0 bridgehead atoms. The van der Waals surface area contributed by atoms with Crippen molar-refractivity contribution in [2.75, 3.05) is 5.75 Å². The predicted octanol–water partition coefficient (Wildman–Crippen LogP) is 4.08. The smallest absolute Gasteiger partial charge is 0.106 e. The second-order valence-corrected chi connectivity index (χ2v) is 6.16. The number of hydrogen-bond acceptors (Lipinski definition) is 3. The maximum atomic E-state index is 10.4. The van der Waals surface area contributed by atoms with Crippen molar-refractivity contribution in [3.63, 3.8) is 0 Å². The van der Waals surface area contributed by atoms with Crippen molar-refractivity contribution in [2.24, 2.45) is 0 Å². The van der Waals surface area contributed by atoms with Gasteiger partial charge in [0.1, 0.15) is 6.10 Å². The summed E-state index contributed by atoms with van der Waals surface area (Å²) in [6.45, 7) is 4.92. The number of aliphatic hydroxyl groups excluding tert-OH is 1. The van der Waals surface area contributed by atoms with Crippen LogP contribution < -0.4 is 0 Å². The van der Waals surface area contributed by atoms with Crippen LogP contribution >= 0.6 is 23.4 Å². The van der Waals surface area contributed by atoms with Crippen LogP contribution in [0.5, 0.6) is 0 Å². The number of nitrogens with zero attached hydrogens (tertiary/aromatic N) is 2. The Hall–Kier alpha value is -0.970. The highest BCUT2D eigenvalue weighted by molar-refractivity contribution is 7.99. The van der Waals surface area contributed by atoms with Gasteiger partial charge < -0.3 is 5.11 Å². The molecule has 3 nitrogen and oxygen atoms in total. The number of aliphatic hydroxyl groups is 1. The van der Waals surface area contributed by atoms with Crippen molar-refractivity contribution in [3.05, 3.63) is 46.7 Å². The molecular formula is C15H19ClN2OS. The van der Waals surface area contributed by atoms with E-state index < -0.39 is 6.10 Å². The van der Waals surface area contributed by atoms with Gasteiger partial charge in [0.25, 0.3) is 0 Å². The van der Waals surface area contributed by atoms with Gasteiger partial charge in [0, 0.05) is 17.2 Å². The molecule has 1 N–H and O–H groups in total. The van der Waals surface area contributed by atoms with Crippen LogP contribution in [0.4, 0.5) is 0 Å². The Balaban J connectivity index is 2.07. The number of aromatic nitrogens is 2. The molecule has 2 rings (SSSR count). The Morgan fingerprint density at radius 3 is 2.85 bits per heavy atom. The molecule has 0 radical (unpaired) electrons. The number of rotatable bonds is 6. The van der Waals surface area contributed by atoms with Crippen LogP contribution in [0.1, 0.15) is 30.7 Å². The first-order valence-corrected chi connectivity index (χ1v) is 8.07. The van der Waals surface area contributed by atoms with Crippen molar-refractivity contribution >= 4 is 23.4 Å². The summed E-state index contributed by atoms with van der Waals surface area (Å²) in [6, 6.07) is 8.17. The summed E-state index contributed by atoms with van der Waals surface area (Å²) < 4.78 is 1.80. The third-order valence-electron chi connectivity index (χ3n) is 3.07. The second-order valence-electron chi connectivity index (χ2n) is 4.69. The van der Waals surface area contributed by atoms with E-state index in [0.29, 0.717) is 10.8 Å². The molecule has 2 aromatic rings. The molecule has 20 heavy (non-hydrogen) atoms. The molecule has 0 spiro atoms. The third kappa shape index (κ3) is 3.57. The number of halogens is 1. The lowest BCUT2D eigenvalue weighted by atomic mass is 10.2. The molecule has 1 heterocycles. The van der Waals surface area contributed by atoms with Crippen LogP contribution in [-0.2, 0) is 6.54 Å². The van der Waals surface area contributed by atoms with Gasteiger partial charge in [0.2, 0.25) is 0 Å². The topological polar surface area (TPSA) is 38.0 Å². The standard InChI is InChI=1S/C15H19ClN2OS/c1-3-8-18-15(12(16)9-17-18)13(19)10-20-14-7-5-4-6-11(14)2/h4-7,9,13,19H,3,8,10H2,1-2H3. The average Bonchev–Trinajstić information content (AvgIpc) is 2.79. The van der Waals surface area contributed by atoms with E-state index in [-0.39, 0.29) is 0 Å². The minimum atomic E-state index is -0.610. The van der Waals surface area contributed by atoms with Gasteiger partial charge in [-0.3, -0.25) is 4.68 Å². The lowest BCUT2D eigenvalue weighted by Gasteiger charge is -2.14. The lowest BCUT2D eigenvalue weighted by Crippen LogP contribution is -2.11. The molecule has 1 unspecified atom stereocenters. The lowest BCUT2D eigenvalue weighted by molar-refractivity contribution is 0.191. The summed E-state index contributed by atoms with van der Waals surface area (Å²) in [7, 11) is 0. The molecule has 0 amide bonds. The van der Waals surface area contributed by atoms with Gasteiger partial charge in [-0.05, 0) is 25.0 Å². The first-order chi connectivity index (χ1) is 9.63. The van der Waals surface area contributed by atoms with Crippen LogP contribution in [0.15, 0.2) is 35.4 Å². The van der Waals surface area contributed by atoms with Crippen LogP contribution in [0.3, 0.4) is 0 Å². The maximum absolute atomic E-state index is 10.4. The van der Waals surface area contributed by atoms with E-state index in [1.807, 2.05) is 12.1 Å². The summed E-state index contributed by atoms with van der Waals surface area (Å²) in [5.41, 5.74) is 1.94. The fraction of sp³-hybridized carbons (Fsp3) is 0.400. The predicted molar refractivity (Wildman–Crippen MR) is 84.4 cm³/mol. The van der Waals surface area contributed by atoms with Crippen molar-refractivity contribution in [3.8, 4) is 0 Å². The summed E-state index contributed by atoms with van der Waals surface area (Å²) >= 11 is 7.78. The zero-order chi connectivity index (χ0) is 14.5. The van der Waals surface area contributed by atoms with E-state index >= 15 is 0 Å². The van der Waals surface area contributed by atoms with Crippen LogP contribution in [0.2, 0.25) is 5.02 Å². The van der Waals surface area contributed by atoms with E-state index in [4.69, 9.17) is 11.6 Å². The number of benzene rings is 1. The fourth-order valence-electron chi connectivity index (χ4n) is 2.06. The van der Waals surface area contributed by atoms with Crippen LogP contribution in [0, 0.1) is 6.92 Å². The van der Waals surface area contributed by atoms with Gasteiger partial charge >= 0.3 is 0 Å². The first-order valence-electron chi connectivity index (χ1n) is 6.71. The molecule has 1 aromatic carbocycles. The zero-order valence-electron chi connectivity index (χ0n) is 11.7. The summed E-state index contributed by atoms with van der Waals surface area (Å²) in [4.78, 5) is 1.18. The highest BCUT2D eigenvalue weighted by atomic mass is 35.5. The van der Waals surface area contributed by atoms with Crippen LogP contribution in [0.25, 0.3) is 0 Å². The van der Waals surface area contributed by atoms with Gasteiger partial charge in [-0.25, -0.2) is 0 Å². The maximum Gasteiger partial charge on any atom is 0.106 e. The van der Waals surface area contributed by atoms with Gasteiger partial charge in [0.15, 0.2) is 0 Å². The molecule has 0 fully saturated rings. The van der Waals surface area contributed by atoms with Gasteiger partial charge in [-0.1, -0.05) is 36.7 Å². The molecule has 0 aliphatic carbocycles. The molecule has 1 atom stereocenters. The van der Waals surface area contributed by atoms with Crippen molar-refractivity contribution in [2.45, 2.75) is 37.8 Å². The largest absolute Gasteiger partial charge is 0.386 e. The van der Waals surface area contributed by atoms with Crippen molar-refractivity contribution in [1.82, 2.24) is 9.78 Å². The van der Waals surface area contributed by atoms with E-state index in [9.17, 15) is 5.11 Å². The van der Waals surface area contributed by atoms with Crippen LogP contribution in [-0.4, -0.2) is 20.6 Å². The molecular weight excluding hydrogens is 292 g/mol. The van der Waals surface area contributed by atoms with Gasteiger partial charge in [0.05, 0.1) is 16.9 Å². The Labute approximate surface area is 129 Å². The molecule has 1 aromatic heterocycles. The number of aryl methyl sites for hydroxylation is 2. The summed E-state index contributed by atoms with van der Waals surface area (Å²) in [6.07, 6.45) is 1.96. The van der Waals surface area contributed by atoms with E-state index in [1.54, 1.807) is 22.6 Å². The van der Waals surface area contributed by atoms with Gasteiger partial charge in [-0.2, -0.15) is 5.10 Å². The SMILES string of the molecule is CCCn1ncc(Cl)c1C(O)CSc1ccccc1C. The summed E-state index contributed by atoms with van der Waals surface area (Å²) in [5.74, 6) is 0.569. The molecule has 5 heteroatoms. The quantitative estimate of drug-likeness (QED) is 0.817. The monoisotopic (exact) mass is 310 g/mol. The molecule has 108 valence electrons. The highest BCUT2D eigenvalue weighted by Gasteiger charge is 2.18. The Kier molecular flexibility index (Phi) is 5.52. The van der Waals surface area contributed by atoms with Crippen molar-refractivity contribution < 1.29 is 5.11 Å². The minimum absolute atomic E-state index is 0.538. The van der Waals surface area contributed by atoms with E-state index in [2.05, 4.69) is 31.1 Å². The minimum Gasteiger partial charge on any atom is -0.386 e. The molecule has 0 saturated carbocycles. The average molecular weight is 311 g/mol. The first kappa shape index (κ1) is 15.4. The normalized spacial score (nSPS) is 12.6. The Bertz CT molecular complexity index is 571. The number of thioether (sulfide) groups is 1. The fourth-order valence-corrected chi connectivity index (χ4v) is 3.29. The highest BCUT2D eigenvalue weighted by Crippen LogP contribution is 2.30. The second kappa shape index (κ2) is 7.16. The molecule has 0 aliphatic heterocycles. The summed E-state index contributed by atoms with van der Waals surface area (Å²) in [5, 5.41) is 15.1. The third-order valence-corrected chi connectivity index (χ3v) is 4.62. The van der Waals surface area contributed by atoms with Gasteiger partial charge in [-0.15, -0.1) is 11.8 Å². The number of hydrogen-bond donors (Lipinski definition) is 1. The molecule has 0 aliphatic rings. The molecule has 0 saturated heterocycles.